The molecule has 0 unspecified atom stereocenters. The van der Waals surface area contributed by atoms with Crippen LogP contribution in [-0.2, 0) is 16.7 Å². The van der Waals surface area contributed by atoms with Gasteiger partial charge in [0.1, 0.15) is 0 Å². The number of hydrogen-bond acceptors (Lipinski definition) is 1. The lowest BCUT2D eigenvalue weighted by Crippen LogP contribution is -2.04. The molecule has 0 radical (unpaired) electrons. The fourth-order valence-electron chi connectivity index (χ4n) is 0.739. The van der Waals surface area contributed by atoms with E-state index in [0.29, 0.717) is 5.75 Å². The van der Waals surface area contributed by atoms with Gasteiger partial charge in [-0.3, -0.25) is 5.14 Å². The third-order valence-corrected chi connectivity index (χ3v) is 1.77. The molecule has 0 bridgehead atoms. The summed E-state index contributed by atoms with van der Waals surface area (Å²) in [5.74, 6) is 0.445. The number of rotatable bonds is 2. The Labute approximate surface area is 62.6 Å². The van der Waals surface area contributed by atoms with Crippen molar-refractivity contribution in [3.8, 4) is 0 Å². The number of benzene rings is 1. The molecule has 0 amide bonds. The Balaban J connectivity index is 2.67. The molecule has 3 heteroatoms. The molecule has 0 aromatic heterocycles. The zero-order chi connectivity index (χ0) is 7.40. The van der Waals surface area contributed by atoms with Crippen molar-refractivity contribution in [1.29, 1.82) is 0 Å². The van der Waals surface area contributed by atoms with Gasteiger partial charge in [0.2, 0.25) is 0 Å². The second-order valence-corrected chi connectivity index (χ2v) is 3.06. The quantitative estimate of drug-likeness (QED) is 0.674. The molecular weight excluding hydrogens is 146 g/mol. The third kappa shape index (κ3) is 2.29. The Hall–Kier alpha value is -0.670. The number of nitrogens with two attached hydrogens (primary N) is 1. The molecule has 54 valence electrons. The van der Waals surface area contributed by atoms with Crippen molar-refractivity contribution >= 4 is 11.0 Å². The molecule has 2 nitrogen and oxygen atoms in total. The molecule has 0 aliphatic rings. The van der Waals surface area contributed by atoms with E-state index in [-0.39, 0.29) is 0 Å². The van der Waals surface area contributed by atoms with Crippen molar-refractivity contribution in [3.05, 3.63) is 35.9 Å². The first-order valence-electron chi connectivity index (χ1n) is 2.96. The van der Waals surface area contributed by atoms with Gasteiger partial charge in [0.15, 0.2) is 0 Å². The maximum atomic E-state index is 10.5. The van der Waals surface area contributed by atoms with Crippen LogP contribution in [0.5, 0.6) is 0 Å². The average molecular weight is 155 g/mol. The highest BCUT2D eigenvalue weighted by Crippen LogP contribution is 1.99. The fraction of sp³-hybridized carbons (Fsp3) is 0.143. The minimum Gasteiger partial charge on any atom is -0.252 e. The Morgan fingerprint density at radius 1 is 1.30 bits per heavy atom. The average Bonchev–Trinajstić information content (AvgIpc) is 1.88. The summed E-state index contributed by atoms with van der Waals surface area (Å²) in [6.07, 6.45) is 0. The lowest BCUT2D eigenvalue weighted by molar-refractivity contribution is 0.684. The van der Waals surface area contributed by atoms with Crippen molar-refractivity contribution in [2.75, 3.05) is 0 Å². The van der Waals surface area contributed by atoms with Crippen LogP contribution in [0, 0.1) is 0 Å². The summed E-state index contributed by atoms with van der Waals surface area (Å²) in [6, 6.07) is 9.54. The van der Waals surface area contributed by atoms with Crippen LogP contribution in [-0.4, -0.2) is 4.21 Å². The van der Waals surface area contributed by atoms with Crippen LogP contribution < -0.4 is 5.14 Å². The summed E-state index contributed by atoms with van der Waals surface area (Å²) >= 11 is 0. The van der Waals surface area contributed by atoms with Crippen LogP contribution >= 0.6 is 0 Å². The van der Waals surface area contributed by atoms with E-state index >= 15 is 0 Å². The van der Waals surface area contributed by atoms with E-state index in [1.165, 1.54) is 0 Å². The second kappa shape index (κ2) is 3.49. The van der Waals surface area contributed by atoms with E-state index in [0.717, 1.165) is 5.56 Å². The summed E-state index contributed by atoms with van der Waals surface area (Å²) in [4.78, 5) is 0. The maximum Gasteiger partial charge on any atom is 0.0933 e. The van der Waals surface area contributed by atoms with Gasteiger partial charge in [-0.05, 0) is 5.56 Å². The van der Waals surface area contributed by atoms with Crippen molar-refractivity contribution in [3.63, 3.8) is 0 Å². The molecule has 0 saturated carbocycles. The van der Waals surface area contributed by atoms with Crippen LogP contribution in [0.1, 0.15) is 5.56 Å². The van der Waals surface area contributed by atoms with Crippen LogP contribution in [0.2, 0.25) is 0 Å². The van der Waals surface area contributed by atoms with Crippen LogP contribution in [0.4, 0.5) is 0 Å². The zero-order valence-electron chi connectivity index (χ0n) is 5.49. The van der Waals surface area contributed by atoms with E-state index in [4.69, 9.17) is 5.14 Å². The molecule has 2 N–H and O–H groups in total. The minimum atomic E-state index is -1.22. The third-order valence-electron chi connectivity index (χ3n) is 1.15. The molecule has 0 heterocycles. The van der Waals surface area contributed by atoms with Gasteiger partial charge >= 0.3 is 0 Å². The molecule has 0 fully saturated rings. The topological polar surface area (TPSA) is 43.1 Å². The van der Waals surface area contributed by atoms with Crippen LogP contribution in [0.3, 0.4) is 0 Å². The molecule has 0 aliphatic heterocycles. The minimum absolute atomic E-state index is 0.445. The van der Waals surface area contributed by atoms with Gasteiger partial charge in [-0.15, -0.1) is 0 Å². The van der Waals surface area contributed by atoms with E-state index in [9.17, 15) is 4.21 Å². The first-order chi connectivity index (χ1) is 4.79. The SMILES string of the molecule is N[S@](=O)Cc1ccccc1. The molecular formula is C7H9NOS. The van der Waals surface area contributed by atoms with Gasteiger partial charge in [-0.2, -0.15) is 0 Å². The predicted molar refractivity (Wildman–Crippen MR) is 42.5 cm³/mol. The normalized spacial score (nSPS) is 12.9. The molecule has 10 heavy (non-hydrogen) atoms. The van der Waals surface area contributed by atoms with Crippen LogP contribution in [0.15, 0.2) is 30.3 Å². The Bertz CT molecular complexity index is 222. The van der Waals surface area contributed by atoms with Crippen molar-refractivity contribution in [1.82, 2.24) is 0 Å². The molecule has 1 rings (SSSR count). The molecule has 0 aliphatic carbocycles. The summed E-state index contributed by atoms with van der Waals surface area (Å²) in [5, 5.41) is 5.10. The predicted octanol–water partition coefficient (Wildman–Crippen LogP) is 0.809. The summed E-state index contributed by atoms with van der Waals surface area (Å²) in [7, 11) is -1.22. The van der Waals surface area contributed by atoms with Crippen molar-refractivity contribution < 1.29 is 4.21 Å². The summed E-state index contributed by atoms with van der Waals surface area (Å²) in [6.45, 7) is 0. The van der Waals surface area contributed by atoms with E-state index < -0.39 is 11.0 Å². The summed E-state index contributed by atoms with van der Waals surface area (Å²) < 4.78 is 10.5. The first kappa shape index (κ1) is 7.44. The lowest BCUT2D eigenvalue weighted by Gasteiger charge is -1.94. The van der Waals surface area contributed by atoms with Gasteiger partial charge in [-0.25, -0.2) is 4.21 Å². The smallest absolute Gasteiger partial charge is 0.0933 e. The lowest BCUT2D eigenvalue weighted by atomic mass is 10.2. The van der Waals surface area contributed by atoms with Gasteiger partial charge in [-0.1, -0.05) is 30.3 Å². The Morgan fingerprint density at radius 2 is 1.90 bits per heavy atom. The monoisotopic (exact) mass is 155 g/mol. The molecule has 0 saturated heterocycles. The highest BCUT2D eigenvalue weighted by atomic mass is 32.2. The van der Waals surface area contributed by atoms with Crippen molar-refractivity contribution in [2.24, 2.45) is 5.14 Å². The fourth-order valence-corrected chi connectivity index (χ4v) is 1.26. The summed E-state index contributed by atoms with van der Waals surface area (Å²) in [5.41, 5.74) is 1.02. The Kier molecular flexibility index (Phi) is 2.59. The van der Waals surface area contributed by atoms with Crippen LogP contribution in [0.25, 0.3) is 0 Å². The van der Waals surface area contributed by atoms with Gasteiger partial charge in [0, 0.05) is 0 Å². The number of hydrogen-bond donors (Lipinski definition) is 1. The molecule has 0 spiro atoms. The molecule has 1 aromatic rings. The van der Waals surface area contributed by atoms with E-state index in [1.807, 2.05) is 30.3 Å². The van der Waals surface area contributed by atoms with E-state index in [2.05, 4.69) is 0 Å². The van der Waals surface area contributed by atoms with Gasteiger partial charge in [0.05, 0.1) is 16.7 Å². The highest BCUT2D eigenvalue weighted by molar-refractivity contribution is 7.81. The zero-order valence-corrected chi connectivity index (χ0v) is 6.30. The largest absolute Gasteiger partial charge is 0.252 e. The van der Waals surface area contributed by atoms with Gasteiger partial charge in [0.25, 0.3) is 0 Å². The standard InChI is InChI=1S/C7H9NOS/c8-10(9)6-7-4-2-1-3-5-7/h1-5H,6,8H2/t10-/m1/s1. The van der Waals surface area contributed by atoms with E-state index in [1.54, 1.807) is 0 Å². The van der Waals surface area contributed by atoms with Crippen molar-refractivity contribution in [2.45, 2.75) is 5.75 Å². The molecule has 1 atom stereocenters. The Morgan fingerprint density at radius 3 is 2.40 bits per heavy atom. The first-order valence-corrected chi connectivity index (χ1v) is 4.34. The second-order valence-electron chi connectivity index (χ2n) is 2.01. The maximum absolute atomic E-state index is 10.5. The highest BCUT2D eigenvalue weighted by Gasteiger charge is 1.92. The molecule has 1 aromatic carbocycles. The van der Waals surface area contributed by atoms with Gasteiger partial charge < -0.3 is 0 Å².